The quantitative estimate of drug-likeness (QED) is 0.669. The van der Waals surface area contributed by atoms with Crippen molar-refractivity contribution in [3.63, 3.8) is 0 Å². The molecule has 1 rings (SSSR count). The molecule has 10 heavy (non-hydrogen) atoms. The fourth-order valence-corrected chi connectivity index (χ4v) is 1.48. The van der Waals surface area contributed by atoms with Crippen molar-refractivity contribution in [2.24, 2.45) is 5.73 Å². The number of aromatic nitrogens is 1. The van der Waals surface area contributed by atoms with E-state index in [9.17, 15) is 0 Å². The first-order valence-corrected chi connectivity index (χ1v) is 4.59. The SMILES string of the molecule is N[C@@H](CS)Cc1nccs1. The van der Waals surface area contributed by atoms with Gasteiger partial charge in [-0.05, 0) is 0 Å². The number of hydrogen-bond acceptors (Lipinski definition) is 4. The summed E-state index contributed by atoms with van der Waals surface area (Å²) in [4.78, 5) is 4.11. The molecule has 2 nitrogen and oxygen atoms in total. The molecule has 0 saturated carbocycles. The maximum Gasteiger partial charge on any atom is 0.0940 e. The molecule has 0 aliphatic rings. The summed E-state index contributed by atoms with van der Waals surface area (Å²) in [6.07, 6.45) is 2.65. The lowest BCUT2D eigenvalue weighted by molar-refractivity contribution is 0.746. The van der Waals surface area contributed by atoms with Gasteiger partial charge in [-0.3, -0.25) is 0 Å². The zero-order valence-corrected chi connectivity index (χ0v) is 7.24. The van der Waals surface area contributed by atoms with Crippen LogP contribution in [0, 0.1) is 0 Å². The third-order valence-electron chi connectivity index (χ3n) is 1.15. The Balaban J connectivity index is 2.40. The van der Waals surface area contributed by atoms with Gasteiger partial charge in [-0.15, -0.1) is 11.3 Å². The second kappa shape index (κ2) is 3.95. The largest absolute Gasteiger partial charge is 0.327 e. The van der Waals surface area contributed by atoms with Crippen LogP contribution in [0.5, 0.6) is 0 Å². The maximum atomic E-state index is 5.65. The molecule has 1 atom stereocenters. The van der Waals surface area contributed by atoms with Gasteiger partial charge < -0.3 is 5.73 Å². The van der Waals surface area contributed by atoms with Gasteiger partial charge >= 0.3 is 0 Å². The zero-order valence-electron chi connectivity index (χ0n) is 5.53. The monoisotopic (exact) mass is 174 g/mol. The van der Waals surface area contributed by atoms with Gasteiger partial charge in [-0.25, -0.2) is 4.98 Å². The first kappa shape index (κ1) is 8.04. The van der Waals surface area contributed by atoms with Crippen LogP contribution in [0.25, 0.3) is 0 Å². The molecule has 1 aromatic heterocycles. The van der Waals surface area contributed by atoms with Crippen LogP contribution < -0.4 is 5.73 Å². The average molecular weight is 174 g/mol. The fraction of sp³-hybridized carbons (Fsp3) is 0.500. The van der Waals surface area contributed by atoms with Crippen molar-refractivity contribution in [3.8, 4) is 0 Å². The van der Waals surface area contributed by atoms with E-state index in [-0.39, 0.29) is 6.04 Å². The Morgan fingerprint density at radius 2 is 2.60 bits per heavy atom. The lowest BCUT2D eigenvalue weighted by atomic mass is 10.3. The van der Waals surface area contributed by atoms with E-state index in [1.54, 1.807) is 17.5 Å². The minimum absolute atomic E-state index is 0.148. The molecule has 0 spiro atoms. The van der Waals surface area contributed by atoms with Gasteiger partial charge in [0.25, 0.3) is 0 Å². The number of nitrogens with zero attached hydrogens (tertiary/aromatic N) is 1. The number of rotatable bonds is 3. The first-order valence-electron chi connectivity index (χ1n) is 3.07. The van der Waals surface area contributed by atoms with E-state index >= 15 is 0 Å². The van der Waals surface area contributed by atoms with Crippen LogP contribution >= 0.6 is 24.0 Å². The molecule has 0 saturated heterocycles. The van der Waals surface area contributed by atoms with Gasteiger partial charge in [0.2, 0.25) is 0 Å². The van der Waals surface area contributed by atoms with Gasteiger partial charge in [-0.2, -0.15) is 12.6 Å². The lowest BCUT2D eigenvalue weighted by Crippen LogP contribution is -2.24. The second-order valence-corrected chi connectivity index (χ2v) is 3.42. The number of nitrogens with two attached hydrogens (primary N) is 1. The van der Waals surface area contributed by atoms with Crippen molar-refractivity contribution >= 4 is 24.0 Å². The summed E-state index contributed by atoms with van der Waals surface area (Å²) in [6, 6.07) is 0.148. The van der Waals surface area contributed by atoms with Gasteiger partial charge in [-0.1, -0.05) is 0 Å². The average Bonchev–Trinajstić information content (AvgIpc) is 2.40. The topological polar surface area (TPSA) is 38.9 Å². The maximum absolute atomic E-state index is 5.65. The smallest absolute Gasteiger partial charge is 0.0940 e. The summed E-state index contributed by atoms with van der Waals surface area (Å²) >= 11 is 5.72. The Bertz CT molecular complexity index is 174. The highest BCUT2D eigenvalue weighted by atomic mass is 32.1. The molecule has 4 heteroatoms. The highest BCUT2D eigenvalue weighted by molar-refractivity contribution is 7.80. The van der Waals surface area contributed by atoms with Crippen molar-refractivity contribution in [2.75, 3.05) is 5.75 Å². The standard InChI is InChI=1S/C6H10N2S2/c7-5(4-9)3-6-8-1-2-10-6/h1-2,5,9H,3-4,7H2/t5-/m1/s1. The normalized spacial score (nSPS) is 13.4. The first-order chi connectivity index (χ1) is 4.83. The number of hydrogen-bond donors (Lipinski definition) is 2. The summed E-state index contributed by atoms with van der Waals surface area (Å²) in [5.41, 5.74) is 5.65. The third kappa shape index (κ3) is 2.28. The van der Waals surface area contributed by atoms with Gasteiger partial charge in [0, 0.05) is 29.8 Å². The predicted molar refractivity (Wildman–Crippen MR) is 47.6 cm³/mol. The van der Waals surface area contributed by atoms with Crippen LogP contribution in [-0.2, 0) is 6.42 Å². The van der Waals surface area contributed by atoms with Crippen molar-refractivity contribution in [3.05, 3.63) is 16.6 Å². The Morgan fingerprint density at radius 1 is 1.80 bits per heavy atom. The molecule has 56 valence electrons. The van der Waals surface area contributed by atoms with Crippen molar-refractivity contribution < 1.29 is 0 Å². The minimum Gasteiger partial charge on any atom is -0.327 e. The molecule has 0 unspecified atom stereocenters. The molecule has 0 aromatic carbocycles. The number of thiol groups is 1. The summed E-state index contributed by atoms with van der Waals surface area (Å²) < 4.78 is 0. The molecule has 0 amide bonds. The van der Waals surface area contributed by atoms with Gasteiger partial charge in [0.1, 0.15) is 0 Å². The van der Waals surface area contributed by atoms with E-state index in [0.29, 0.717) is 0 Å². The highest BCUT2D eigenvalue weighted by Crippen LogP contribution is 2.06. The molecule has 0 fully saturated rings. The van der Waals surface area contributed by atoms with Crippen LogP contribution in [0.1, 0.15) is 5.01 Å². The molecular formula is C6H10N2S2. The zero-order chi connectivity index (χ0) is 7.40. The molecule has 2 N–H and O–H groups in total. The van der Waals surface area contributed by atoms with Gasteiger partial charge in [0.05, 0.1) is 5.01 Å². The third-order valence-corrected chi connectivity index (χ3v) is 2.43. The molecule has 0 radical (unpaired) electrons. The molecular weight excluding hydrogens is 164 g/mol. The lowest BCUT2D eigenvalue weighted by Gasteiger charge is -2.03. The summed E-state index contributed by atoms with van der Waals surface area (Å²) in [5.74, 6) is 0.722. The summed E-state index contributed by atoms with van der Waals surface area (Å²) in [5, 5.41) is 3.06. The number of thiazole rings is 1. The van der Waals surface area contributed by atoms with Gasteiger partial charge in [0.15, 0.2) is 0 Å². The minimum atomic E-state index is 0.148. The van der Waals surface area contributed by atoms with E-state index in [1.165, 1.54) is 0 Å². The van der Waals surface area contributed by atoms with E-state index in [4.69, 9.17) is 5.73 Å². The van der Waals surface area contributed by atoms with Crippen LogP contribution in [0.4, 0.5) is 0 Å². The molecule has 0 bridgehead atoms. The predicted octanol–water partition coefficient (Wildman–Crippen LogP) is 0.943. The van der Waals surface area contributed by atoms with E-state index in [0.717, 1.165) is 17.2 Å². The molecule has 0 aliphatic carbocycles. The Labute approximate surface area is 69.9 Å². The van der Waals surface area contributed by atoms with Crippen LogP contribution in [-0.4, -0.2) is 16.8 Å². The van der Waals surface area contributed by atoms with E-state index in [1.807, 2.05) is 5.38 Å². The summed E-state index contributed by atoms with van der Waals surface area (Å²) in [7, 11) is 0. The van der Waals surface area contributed by atoms with Crippen LogP contribution in [0.3, 0.4) is 0 Å². The fourth-order valence-electron chi connectivity index (χ4n) is 0.643. The Hall–Kier alpha value is -0.0600. The highest BCUT2D eigenvalue weighted by Gasteiger charge is 2.02. The van der Waals surface area contributed by atoms with Crippen LogP contribution in [0.2, 0.25) is 0 Å². The molecule has 0 aliphatic heterocycles. The van der Waals surface area contributed by atoms with Crippen molar-refractivity contribution in [2.45, 2.75) is 12.5 Å². The second-order valence-electron chi connectivity index (χ2n) is 2.07. The van der Waals surface area contributed by atoms with E-state index < -0.39 is 0 Å². The molecule has 1 heterocycles. The van der Waals surface area contributed by atoms with Crippen molar-refractivity contribution in [1.29, 1.82) is 0 Å². The Morgan fingerprint density at radius 3 is 3.10 bits per heavy atom. The van der Waals surface area contributed by atoms with E-state index in [2.05, 4.69) is 17.6 Å². The Kier molecular flexibility index (Phi) is 3.18. The molecule has 1 aromatic rings. The van der Waals surface area contributed by atoms with Crippen LogP contribution in [0.15, 0.2) is 11.6 Å². The summed E-state index contributed by atoms with van der Waals surface area (Å²) in [6.45, 7) is 0. The van der Waals surface area contributed by atoms with Crippen molar-refractivity contribution in [1.82, 2.24) is 4.98 Å².